The SMILES string of the molecule is CCC(CSc1cccc(C)c1)[N+](=O)[O-]. The maximum atomic E-state index is 10.6. The van der Waals surface area contributed by atoms with Crippen molar-refractivity contribution in [2.75, 3.05) is 5.75 Å². The molecule has 0 saturated carbocycles. The first-order valence-corrected chi connectivity index (χ1v) is 5.95. The lowest BCUT2D eigenvalue weighted by molar-refractivity contribution is -0.516. The van der Waals surface area contributed by atoms with Crippen LogP contribution in [0.5, 0.6) is 0 Å². The highest BCUT2D eigenvalue weighted by atomic mass is 32.2. The molecule has 0 heterocycles. The van der Waals surface area contributed by atoms with Gasteiger partial charge in [-0.15, -0.1) is 11.8 Å². The Hall–Kier alpha value is -1.03. The largest absolute Gasteiger partial charge is 0.264 e. The Morgan fingerprint density at radius 3 is 2.80 bits per heavy atom. The minimum Gasteiger partial charge on any atom is -0.264 e. The first-order valence-electron chi connectivity index (χ1n) is 4.96. The monoisotopic (exact) mass is 225 g/mol. The predicted molar refractivity (Wildman–Crippen MR) is 63.0 cm³/mol. The number of benzene rings is 1. The number of hydrogen-bond acceptors (Lipinski definition) is 3. The maximum absolute atomic E-state index is 10.6. The summed E-state index contributed by atoms with van der Waals surface area (Å²) in [4.78, 5) is 11.5. The van der Waals surface area contributed by atoms with Crippen molar-refractivity contribution in [3.63, 3.8) is 0 Å². The van der Waals surface area contributed by atoms with E-state index in [-0.39, 0.29) is 4.92 Å². The summed E-state index contributed by atoms with van der Waals surface area (Å²) in [6, 6.07) is 7.61. The van der Waals surface area contributed by atoms with Gasteiger partial charge >= 0.3 is 0 Å². The summed E-state index contributed by atoms with van der Waals surface area (Å²) in [7, 11) is 0. The molecule has 0 N–H and O–H groups in total. The van der Waals surface area contributed by atoms with E-state index in [1.54, 1.807) is 11.8 Å². The molecule has 0 spiro atoms. The molecule has 0 fully saturated rings. The summed E-state index contributed by atoms with van der Waals surface area (Å²) in [5.41, 5.74) is 1.19. The zero-order valence-electron chi connectivity index (χ0n) is 8.97. The summed E-state index contributed by atoms with van der Waals surface area (Å²) >= 11 is 1.55. The maximum Gasteiger partial charge on any atom is 0.222 e. The molecule has 0 bridgehead atoms. The van der Waals surface area contributed by atoms with Crippen LogP contribution < -0.4 is 0 Å². The molecule has 1 aromatic rings. The summed E-state index contributed by atoms with van der Waals surface area (Å²) in [5.74, 6) is 0.549. The van der Waals surface area contributed by atoms with Gasteiger partial charge in [-0.25, -0.2) is 0 Å². The molecule has 0 aliphatic carbocycles. The van der Waals surface area contributed by atoms with Crippen LogP contribution >= 0.6 is 11.8 Å². The van der Waals surface area contributed by atoms with Gasteiger partial charge in [0.2, 0.25) is 6.04 Å². The smallest absolute Gasteiger partial charge is 0.222 e. The lowest BCUT2D eigenvalue weighted by atomic mass is 10.2. The Labute approximate surface area is 94.0 Å². The lowest BCUT2D eigenvalue weighted by Gasteiger charge is -2.06. The Balaban J connectivity index is 2.52. The van der Waals surface area contributed by atoms with Crippen molar-refractivity contribution >= 4 is 11.8 Å². The molecule has 1 unspecified atom stereocenters. The Kier molecular flexibility index (Phi) is 4.62. The molecule has 3 nitrogen and oxygen atoms in total. The van der Waals surface area contributed by atoms with Gasteiger partial charge in [0.15, 0.2) is 0 Å². The average molecular weight is 225 g/mol. The first-order chi connectivity index (χ1) is 7.13. The predicted octanol–water partition coefficient (Wildman–Crippen LogP) is 3.14. The molecule has 0 saturated heterocycles. The number of thioether (sulfide) groups is 1. The molecular formula is C11H15NO2S. The normalized spacial score (nSPS) is 12.4. The Morgan fingerprint density at radius 2 is 2.27 bits per heavy atom. The van der Waals surface area contributed by atoms with Crippen LogP contribution in [0.4, 0.5) is 0 Å². The fraction of sp³-hybridized carbons (Fsp3) is 0.455. The van der Waals surface area contributed by atoms with Crippen molar-refractivity contribution in [3.8, 4) is 0 Å². The highest BCUT2D eigenvalue weighted by molar-refractivity contribution is 7.99. The molecule has 0 radical (unpaired) electrons. The fourth-order valence-corrected chi connectivity index (χ4v) is 2.41. The van der Waals surface area contributed by atoms with Crippen molar-refractivity contribution in [1.82, 2.24) is 0 Å². The molecular weight excluding hydrogens is 210 g/mol. The van der Waals surface area contributed by atoms with Gasteiger partial charge in [0.05, 0.1) is 5.75 Å². The Morgan fingerprint density at radius 1 is 1.53 bits per heavy atom. The van der Waals surface area contributed by atoms with E-state index in [2.05, 4.69) is 6.07 Å². The quantitative estimate of drug-likeness (QED) is 0.439. The van der Waals surface area contributed by atoms with Crippen LogP contribution in [0.2, 0.25) is 0 Å². The third-order valence-corrected chi connectivity index (χ3v) is 3.34. The van der Waals surface area contributed by atoms with E-state index < -0.39 is 6.04 Å². The molecule has 0 amide bonds. The van der Waals surface area contributed by atoms with E-state index in [0.29, 0.717) is 12.2 Å². The van der Waals surface area contributed by atoms with E-state index in [9.17, 15) is 10.1 Å². The second kappa shape index (κ2) is 5.75. The van der Waals surface area contributed by atoms with Crippen LogP contribution in [0.1, 0.15) is 18.9 Å². The number of nitro groups is 1. The van der Waals surface area contributed by atoms with Crippen molar-refractivity contribution in [2.24, 2.45) is 0 Å². The minimum atomic E-state index is -0.435. The van der Waals surface area contributed by atoms with Gasteiger partial charge in [0.25, 0.3) is 0 Å². The molecule has 4 heteroatoms. The minimum absolute atomic E-state index is 0.192. The van der Waals surface area contributed by atoms with Gasteiger partial charge in [-0.1, -0.05) is 24.6 Å². The van der Waals surface area contributed by atoms with Gasteiger partial charge in [-0.05, 0) is 19.1 Å². The number of aryl methyl sites for hydroxylation is 1. The first kappa shape index (κ1) is 12.0. The van der Waals surface area contributed by atoms with E-state index in [4.69, 9.17) is 0 Å². The summed E-state index contributed by atoms with van der Waals surface area (Å²) in [6.07, 6.45) is 0.589. The van der Waals surface area contributed by atoms with Gasteiger partial charge in [0, 0.05) is 16.2 Å². The highest BCUT2D eigenvalue weighted by Gasteiger charge is 2.17. The molecule has 82 valence electrons. The van der Waals surface area contributed by atoms with Gasteiger partial charge in [-0.3, -0.25) is 10.1 Å². The molecule has 0 aliphatic heterocycles. The van der Waals surface area contributed by atoms with Crippen LogP contribution in [-0.4, -0.2) is 16.7 Å². The van der Waals surface area contributed by atoms with E-state index in [1.807, 2.05) is 32.0 Å². The van der Waals surface area contributed by atoms with Crippen LogP contribution in [0.25, 0.3) is 0 Å². The molecule has 1 atom stereocenters. The highest BCUT2D eigenvalue weighted by Crippen LogP contribution is 2.21. The topological polar surface area (TPSA) is 43.1 Å². The van der Waals surface area contributed by atoms with Crippen LogP contribution in [0.3, 0.4) is 0 Å². The molecule has 1 rings (SSSR count). The lowest BCUT2D eigenvalue weighted by Crippen LogP contribution is -2.20. The van der Waals surface area contributed by atoms with E-state index in [0.717, 1.165) is 4.90 Å². The summed E-state index contributed by atoms with van der Waals surface area (Å²) < 4.78 is 0. The van der Waals surface area contributed by atoms with Crippen LogP contribution in [-0.2, 0) is 0 Å². The molecule has 0 aromatic heterocycles. The van der Waals surface area contributed by atoms with Crippen molar-refractivity contribution in [2.45, 2.75) is 31.2 Å². The second-order valence-electron chi connectivity index (χ2n) is 3.47. The summed E-state index contributed by atoms with van der Waals surface area (Å²) in [6.45, 7) is 3.87. The zero-order chi connectivity index (χ0) is 11.3. The average Bonchev–Trinajstić information content (AvgIpc) is 2.18. The van der Waals surface area contributed by atoms with Crippen LogP contribution in [0, 0.1) is 17.0 Å². The molecule has 15 heavy (non-hydrogen) atoms. The third-order valence-electron chi connectivity index (χ3n) is 2.20. The number of nitrogens with zero attached hydrogens (tertiary/aromatic N) is 1. The van der Waals surface area contributed by atoms with Gasteiger partial charge < -0.3 is 0 Å². The Bertz CT molecular complexity index is 341. The van der Waals surface area contributed by atoms with Gasteiger partial charge in [-0.2, -0.15) is 0 Å². The van der Waals surface area contributed by atoms with Gasteiger partial charge in [0.1, 0.15) is 0 Å². The van der Waals surface area contributed by atoms with E-state index in [1.165, 1.54) is 5.56 Å². The van der Waals surface area contributed by atoms with Crippen molar-refractivity contribution < 1.29 is 4.92 Å². The zero-order valence-corrected chi connectivity index (χ0v) is 9.79. The fourth-order valence-electron chi connectivity index (χ4n) is 1.23. The van der Waals surface area contributed by atoms with E-state index >= 15 is 0 Å². The number of rotatable bonds is 5. The third kappa shape index (κ3) is 3.91. The molecule has 0 aliphatic rings. The second-order valence-corrected chi connectivity index (χ2v) is 4.57. The standard InChI is InChI=1S/C11H15NO2S/c1-3-10(12(13)14)8-15-11-6-4-5-9(2)7-11/h4-7,10H,3,8H2,1-2H3. The molecule has 1 aromatic carbocycles. The van der Waals surface area contributed by atoms with Crippen molar-refractivity contribution in [3.05, 3.63) is 39.9 Å². The number of hydrogen-bond donors (Lipinski definition) is 0. The van der Waals surface area contributed by atoms with Crippen LogP contribution in [0.15, 0.2) is 29.2 Å². The summed E-state index contributed by atoms with van der Waals surface area (Å²) in [5, 5.41) is 10.6. The van der Waals surface area contributed by atoms with Crippen molar-refractivity contribution in [1.29, 1.82) is 0 Å².